The summed E-state index contributed by atoms with van der Waals surface area (Å²) in [5.41, 5.74) is 3.28. The molecule has 0 heterocycles. The summed E-state index contributed by atoms with van der Waals surface area (Å²) in [5, 5.41) is 11.5. The van der Waals surface area contributed by atoms with Gasteiger partial charge in [-0.05, 0) is 34.5 Å². The molecule has 0 fully saturated rings. The summed E-state index contributed by atoms with van der Waals surface area (Å²) < 4.78 is 5.39. The van der Waals surface area contributed by atoms with Gasteiger partial charge in [0.15, 0.2) is 5.78 Å². The first-order valence-corrected chi connectivity index (χ1v) is 7.14. The van der Waals surface area contributed by atoms with Gasteiger partial charge in [0, 0.05) is 23.1 Å². The van der Waals surface area contributed by atoms with Crippen LogP contribution in [0.2, 0.25) is 0 Å². The maximum Gasteiger partial charge on any atom is 0.194 e. The van der Waals surface area contributed by atoms with Crippen LogP contribution in [0.15, 0.2) is 48.5 Å². The lowest BCUT2D eigenvalue weighted by molar-refractivity contribution is 0.103. The number of hydrogen-bond donors (Lipinski definition) is 1. The number of phenolic OH excluding ortho intramolecular Hbond substituents is 1. The van der Waals surface area contributed by atoms with Gasteiger partial charge < -0.3 is 9.84 Å². The summed E-state index contributed by atoms with van der Waals surface area (Å²) in [6.45, 7) is 0. The van der Waals surface area contributed by atoms with E-state index in [-0.39, 0.29) is 11.5 Å². The number of ether oxygens (including phenoxy) is 1. The van der Waals surface area contributed by atoms with Gasteiger partial charge in [-0.1, -0.05) is 30.3 Å². The summed E-state index contributed by atoms with van der Waals surface area (Å²) in [7, 11) is 1.62. The minimum atomic E-state index is -0.00801. The third-order valence-electron chi connectivity index (χ3n) is 4.28. The molecule has 1 aliphatic carbocycles. The molecule has 3 nitrogen and oxygen atoms in total. The number of hydrogen-bond acceptors (Lipinski definition) is 3. The summed E-state index contributed by atoms with van der Waals surface area (Å²) in [5.74, 6) is 0.906. The van der Waals surface area contributed by atoms with E-state index in [1.54, 1.807) is 19.2 Å². The number of aromatic hydroxyl groups is 1. The fourth-order valence-electron chi connectivity index (χ4n) is 3.25. The molecule has 0 aliphatic heterocycles. The van der Waals surface area contributed by atoms with E-state index in [4.69, 9.17) is 4.74 Å². The highest BCUT2D eigenvalue weighted by Crippen LogP contribution is 2.37. The predicted octanol–water partition coefficient (Wildman–Crippen LogP) is 3.69. The molecule has 22 heavy (non-hydrogen) atoms. The van der Waals surface area contributed by atoms with Crippen LogP contribution in [0.1, 0.15) is 27.0 Å². The number of methoxy groups -OCH3 is 1. The molecule has 3 heteroatoms. The van der Waals surface area contributed by atoms with Crippen molar-refractivity contribution in [3.05, 3.63) is 70.8 Å². The van der Waals surface area contributed by atoms with Crippen LogP contribution >= 0.6 is 0 Å². The van der Waals surface area contributed by atoms with Crippen molar-refractivity contribution >= 4 is 16.6 Å². The lowest BCUT2D eigenvalue weighted by atomic mass is 9.82. The number of ketones is 1. The molecule has 0 bridgehead atoms. The zero-order valence-corrected chi connectivity index (χ0v) is 12.1. The van der Waals surface area contributed by atoms with Gasteiger partial charge in [-0.15, -0.1) is 0 Å². The van der Waals surface area contributed by atoms with Crippen molar-refractivity contribution in [1.82, 2.24) is 0 Å². The second-order valence-electron chi connectivity index (χ2n) is 5.50. The van der Waals surface area contributed by atoms with Gasteiger partial charge in [-0.25, -0.2) is 0 Å². The first-order valence-electron chi connectivity index (χ1n) is 7.14. The molecular formula is C19H14O3. The van der Waals surface area contributed by atoms with Crippen molar-refractivity contribution in [3.8, 4) is 11.5 Å². The zero-order chi connectivity index (χ0) is 15.3. The number of benzene rings is 3. The Kier molecular flexibility index (Phi) is 2.70. The van der Waals surface area contributed by atoms with E-state index in [2.05, 4.69) is 0 Å². The quantitative estimate of drug-likeness (QED) is 0.581. The van der Waals surface area contributed by atoms with Crippen LogP contribution in [-0.4, -0.2) is 18.0 Å². The average Bonchev–Trinajstić information content (AvgIpc) is 2.54. The molecule has 0 saturated heterocycles. The number of phenols is 1. The average molecular weight is 290 g/mol. The highest BCUT2D eigenvalue weighted by Gasteiger charge is 2.27. The Labute approximate surface area is 127 Å². The Hall–Kier alpha value is -2.81. The highest BCUT2D eigenvalue weighted by atomic mass is 16.5. The minimum Gasteiger partial charge on any atom is -0.508 e. The summed E-state index contributed by atoms with van der Waals surface area (Å²) in [6, 6.07) is 14.7. The normalized spacial score (nSPS) is 12.9. The zero-order valence-electron chi connectivity index (χ0n) is 12.1. The maximum atomic E-state index is 13.0. The molecule has 0 amide bonds. The SMILES string of the molecule is COc1cccc2c1Cc1ccc3ccc(O)cc3c1C2=O. The van der Waals surface area contributed by atoms with Crippen LogP contribution in [0.3, 0.4) is 0 Å². The van der Waals surface area contributed by atoms with Crippen LogP contribution in [0.5, 0.6) is 11.5 Å². The van der Waals surface area contributed by atoms with Crippen LogP contribution in [-0.2, 0) is 6.42 Å². The second-order valence-corrected chi connectivity index (χ2v) is 5.50. The highest BCUT2D eigenvalue weighted by molar-refractivity contribution is 6.19. The van der Waals surface area contributed by atoms with Crippen LogP contribution in [0.25, 0.3) is 10.8 Å². The van der Waals surface area contributed by atoms with Crippen LogP contribution < -0.4 is 4.74 Å². The number of rotatable bonds is 1. The molecule has 3 aromatic rings. The van der Waals surface area contributed by atoms with E-state index in [1.807, 2.05) is 36.4 Å². The number of carbonyl (C=O) groups is 1. The van der Waals surface area contributed by atoms with Crippen molar-refractivity contribution in [2.45, 2.75) is 6.42 Å². The summed E-state index contributed by atoms with van der Waals surface area (Å²) in [4.78, 5) is 13.0. The third-order valence-corrected chi connectivity index (χ3v) is 4.28. The van der Waals surface area contributed by atoms with E-state index in [0.29, 0.717) is 17.5 Å². The molecular weight excluding hydrogens is 276 g/mol. The van der Waals surface area contributed by atoms with Crippen molar-refractivity contribution < 1.29 is 14.6 Å². The summed E-state index contributed by atoms with van der Waals surface area (Å²) >= 11 is 0. The van der Waals surface area contributed by atoms with E-state index in [9.17, 15) is 9.90 Å². The smallest absolute Gasteiger partial charge is 0.194 e. The van der Waals surface area contributed by atoms with Gasteiger partial charge in [-0.2, -0.15) is 0 Å². The second kappa shape index (κ2) is 4.60. The Morgan fingerprint density at radius 2 is 1.91 bits per heavy atom. The van der Waals surface area contributed by atoms with Gasteiger partial charge >= 0.3 is 0 Å². The molecule has 0 radical (unpaired) electrons. The van der Waals surface area contributed by atoms with Crippen molar-refractivity contribution in [1.29, 1.82) is 0 Å². The Morgan fingerprint density at radius 3 is 2.73 bits per heavy atom. The summed E-state index contributed by atoms with van der Waals surface area (Å²) in [6.07, 6.45) is 0.659. The van der Waals surface area contributed by atoms with Crippen molar-refractivity contribution in [3.63, 3.8) is 0 Å². The van der Waals surface area contributed by atoms with Gasteiger partial charge in [-0.3, -0.25) is 4.79 Å². The van der Waals surface area contributed by atoms with E-state index in [1.165, 1.54) is 0 Å². The fourth-order valence-corrected chi connectivity index (χ4v) is 3.25. The van der Waals surface area contributed by atoms with Crippen molar-refractivity contribution in [2.24, 2.45) is 0 Å². The van der Waals surface area contributed by atoms with Gasteiger partial charge in [0.05, 0.1) is 7.11 Å². The Morgan fingerprint density at radius 1 is 1.09 bits per heavy atom. The molecule has 1 aliphatic rings. The Bertz CT molecular complexity index is 925. The molecule has 0 spiro atoms. The molecule has 0 unspecified atom stereocenters. The molecule has 0 saturated carbocycles. The third kappa shape index (κ3) is 1.72. The minimum absolute atomic E-state index is 0.00801. The molecule has 108 valence electrons. The first-order chi connectivity index (χ1) is 10.7. The monoisotopic (exact) mass is 290 g/mol. The first kappa shape index (κ1) is 12.9. The van der Waals surface area contributed by atoms with E-state index in [0.717, 1.165) is 27.6 Å². The molecule has 1 N–H and O–H groups in total. The molecule has 0 atom stereocenters. The van der Waals surface area contributed by atoms with Gasteiger partial charge in [0.25, 0.3) is 0 Å². The van der Waals surface area contributed by atoms with Crippen molar-refractivity contribution in [2.75, 3.05) is 7.11 Å². The Balaban J connectivity index is 2.02. The molecule has 3 aromatic carbocycles. The fraction of sp³-hybridized carbons (Fsp3) is 0.105. The van der Waals surface area contributed by atoms with E-state index < -0.39 is 0 Å². The van der Waals surface area contributed by atoms with Crippen LogP contribution in [0.4, 0.5) is 0 Å². The topological polar surface area (TPSA) is 46.5 Å². The number of fused-ring (bicyclic) bond motifs is 4. The van der Waals surface area contributed by atoms with Crippen LogP contribution in [0, 0.1) is 0 Å². The van der Waals surface area contributed by atoms with E-state index >= 15 is 0 Å². The molecule has 4 rings (SSSR count). The molecule has 0 aromatic heterocycles. The van der Waals surface area contributed by atoms with Gasteiger partial charge in [0.2, 0.25) is 0 Å². The largest absolute Gasteiger partial charge is 0.508 e. The number of carbonyl (C=O) groups excluding carboxylic acids is 1. The maximum absolute atomic E-state index is 13.0. The lowest BCUT2D eigenvalue weighted by Gasteiger charge is -2.22. The predicted molar refractivity (Wildman–Crippen MR) is 84.8 cm³/mol. The standard InChI is InChI=1S/C19H14O3/c1-22-17-4-2-3-14-16(17)9-12-6-5-11-7-8-13(20)10-15(11)18(12)19(14)21/h2-8,10,20H,9H2,1H3. The van der Waals surface area contributed by atoms with Gasteiger partial charge in [0.1, 0.15) is 11.5 Å². The lowest BCUT2D eigenvalue weighted by Crippen LogP contribution is -2.16.